The van der Waals surface area contributed by atoms with Crippen LogP contribution in [0, 0.1) is 0 Å². The van der Waals surface area contributed by atoms with Crippen LogP contribution < -0.4 is 4.74 Å². The van der Waals surface area contributed by atoms with Gasteiger partial charge >= 0.3 is 0 Å². The predicted molar refractivity (Wildman–Crippen MR) is 99.4 cm³/mol. The number of aliphatic hydroxyl groups excluding tert-OH is 1. The molecular weight excluding hydrogens is 368 g/mol. The second kappa shape index (κ2) is 7.81. The summed E-state index contributed by atoms with van der Waals surface area (Å²) in [5.41, 5.74) is 2.03. The van der Waals surface area contributed by atoms with Crippen LogP contribution in [0.1, 0.15) is 19.2 Å². The van der Waals surface area contributed by atoms with E-state index in [9.17, 15) is 5.11 Å². The Bertz CT molecular complexity index is 799. The van der Waals surface area contributed by atoms with Gasteiger partial charge in [-0.15, -0.1) is 0 Å². The van der Waals surface area contributed by atoms with E-state index in [-0.39, 0.29) is 6.61 Å². The Morgan fingerprint density at radius 2 is 1.92 bits per heavy atom. The highest BCUT2D eigenvalue weighted by Crippen LogP contribution is 2.19. The van der Waals surface area contributed by atoms with Crippen LogP contribution in [-0.4, -0.2) is 27.4 Å². The molecule has 1 atom stereocenters. The number of halogens is 1. The van der Waals surface area contributed by atoms with Crippen molar-refractivity contribution in [1.82, 2.24) is 9.55 Å². The van der Waals surface area contributed by atoms with E-state index < -0.39 is 6.10 Å². The summed E-state index contributed by atoms with van der Waals surface area (Å²) in [5.74, 6) is 1.77. The summed E-state index contributed by atoms with van der Waals surface area (Å²) in [5, 5.41) is 10.4. The average molecular weight is 389 g/mol. The summed E-state index contributed by atoms with van der Waals surface area (Å²) < 4.78 is 8.79. The number of para-hydroxylation sites is 2. The fraction of sp³-hybridized carbons (Fsp3) is 0.316. The number of hydrogen-bond acceptors (Lipinski definition) is 3. The van der Waals surface area contributed by atoms with Gasteiger partial charge in [-0.2, -0.15) is 0 Å². The summed E-state index contributed by atoms with van der Waals surface area (Å²) in [6, 6.07) is 15.6. The standard InChI is InChI=1S/C19H21BrN2O2/c1-2-5-19-21-17-6-3-4-7-18(17)22(19)12-15(23)13-24-16-10-8-14(20)9-11-16/h3-4,6-11,15,23H,2,5,12-13H2,1H3. The average Bonchev–Trinajstić information content (AvgIpc) is 2.92. The molecule has 1 N–H and O–H groups in total. The summed E-state index contributed by atoms with van der Waals surface area (Å²) >= 11 is 3.40. The first kappa shape index (κ1) is 17.0. The minimum atomic E-state index is -0.596. The van der Waals surface area contributed by atoms with Crippen LogP contribution in [0.15, 0.2) is 53.0 Å². The second-order valence-corrected chi connectivity index (χ2v) is 6.71. The molecule has 0 radical (unpaired) electrons. The van der Waals surface area contributed by atoms with Crippen molar-refractivity contribution >= 4 is 27.0 Å². The van der Waals surface area contributed by atoms with Crippen molar-refractivity contribution in [3.63, 3.8) is 0 Å². The third kappa shape index (κ3) is 3.97. The molecule has 0 saturated heterocycles. The van der Waals surface area contributed by atoms with Gasteiger partial charge in [-0.05, 0) is 42.8 Å². The minimum absolute atomic E-state index is 0.250. The third-order valence-electron chi connectivity index (χ3n) is 3.86. The van der Waals surface area contributed by atoms with Gasteiger partial charge in [-0.25, -0.2) is 4.98 Å². The predicted octanol–water partition coefficient (Wildman–Crippen LogP) is 4.19. The molecule has 126 valence electrons. The van der Waals surface area contributed by atoms with Crippen LogP contribution >= 0.6 is 15.9 Å². The van der Waals surface area contributed by atoms with Crippen LogP contribution in [0.2, 0.25) is 0 Å². The van der Waals surface area contributed by atoms with Crippen molar-refractivity contribution in [2.24, 2.45) is 0 Å². The molecule has 4 nitrogen and oxygen atoms in total. The zero-order valence-corrected chi connectivity index (χ0v) is 15.2. The quantitative estimate of drug-likeness (QED) is 0.659. The number of imidazole rings is 1. The number of hydrogen-bond donors (Lipinski definition) is 1. The zero-order chi connectivity index (χ0) is 16.9. The Morgan fingerprint density at radius 1 is 1.17 bits per heavy atom. The van der Waals surface area contributed by atoms with Crippen molar-refractivity contribution in [3.05, 3.63) is 58.8 Å². The third-order valence-corrected chi connectivity index (χ3v) is 4.39. The van der Waals surface area contributed by atoms with Crippen molar-refractivity contribution < 1.29 is 9.84 Å². The Hall–Kier alpha value is -1.85. The fourth-order valence-corrected chi connectivity index (χ4v) is 2.99. The number of aliphatic hydroxyl groups is 1. The molecule has 0 spiro atoms. The number of ether oxygens (including phenoxy) is 1. The highest BCUT2D eigenvalue weighted by molar-refractivity contribution is 9.10. The number of nitrogens with zero attached hydrogens (tertiary/aromatic N) is 2. The van der Waals surface area contributed by atoms with Crippen LogP contribution in [0.25, 0.3) is 11.0 Å². The van der Waals surface area contributed by atoms with Crippen LogP contribution in [-0.2, 0) is 13.0 Å². The monoisotopic (exact) mass is 388 g/mol. The van der Waals surface area contributed by atoms with Gasteiger partial charge < -0.3 is 14.4 Å². The van der Waals surface area contributed by atoms with E-state index >= 15 is 0 Å². The lowest BCUT2D eigenvalue weighted by Crippen LogP contribution is -2.24. The van der Waals surface area contributed by atoms with Crippen molar-refractivity contribution in [3.8, 4) is 5.75 Å². The summed E-state index contributed by atoms with van der Waals surface area (Å²) in [6.07, 6.45) is 1.32. The molecule has 3 aromatic rings. The van der Waals surface area contributed by atoms with Gasteiger partial charge in [0.1, 0.15) is 24.3 Å². The summed E-state index contributed by atoms with van der Waals surface area (Å²) in [6.45, 7) is 2.86. The van der Waals surface area contributed by atoms with E-state index in [2.05, 4.69) is 32.4 Å². The normalized spacial score (nSPS) is 12.5. The molecule has 3 rings (SSSR count). The van der Waals surface area contributed by atoms with Crippen molar-refractivity contribution in [2.45, 2.75) is 32.4 Å². The van der Waals surface area contributed by atoms with E-state index in [0.29, 0.717) is 6.54 Å². The zero-order valence-electron chi connectivity index (χ0n) is 13.7. The van der Waals surface area contributed by atoms with Gasteiger partial charge in [-0.1, -0.05) is 35.0 Å². The first-order valence-electron chi connectivity index (χ1n) is 8.18. The molecule has 1 unspecified atom stereocenters. The minimum Gasteiger partial charge on any atom is -0.491 e. The van der Waals surface area contributed by atoms with E-state index in [1.807, 2.05) is 48.5 Å². The van der Waals surface area contributed by atoms with Crippen molar-refractivity contribution in [2.75, 3.05) is 6.61 Å². The van der Waals surface area contributed by atoms with Gasteiger partial charge in [0.25, 0.3) is 0 Å². The molecule has 0 aliphatic rings. The lowest BCUT2D eigenvalue weighted by atomic mass is 10.3. The first-order valence-corrected chi connectivity index (χ1v) is 8.97. The van der Waals surface area contributed by atoms with Gasteiger partial charge in [0, 0.05) is 10.9 Å². The number of benzene rings is 2. The molecular formula is C19H21BrN2O2. The second-order valence-electron chi connectivity index (χ2n) is 5.80. The van der Waals surface area contributed by atoms with Gasteiger partial charge in [0.15, 0.2) is 0 Å². The molecule has 5 heteroatoms. The molecule has 0 amide bonds. The number of aryl methyl sites for hydroxylation is 1. The van der Waals surface area contributed by atoms with Gasteiger partial charge in [0.05, 0.1) is 17.6 Å². The van der Waals surface area contributed by atoms with Crippen molar-refractivity contribution in [1.29, 1.82) is 0 Å². The number of aromatic nitrogens is 2. The maximum atomic E-state index is 10.4. The molecule has 1 heterocycles. The van der Waals surface area contributed by atoms with Crippen LogP contribution in [0.3, 0.4) is 0 Å². The van der Waals surface area contributed by atoms with E-state index in [1.165, 1.54) is 0 Å². The first-order chi connectivity index (χ1) is 11.7. The highest BCUT2D eigenvalue weighted by atomic mass is 79.9. The SMILES string of the molecule is CCCc1nc2ccccc2n1CC(O)COc1ccc(Br)cc1. The van der Waals surface area contributed by atoms with Crippen LogP contribution in [0.5, 0.6) is 5.75 Å². The summed E-state index contributed by atoms with van der Waals surface area (Å²) in [7, 11) is 0. The maximum absolute atomic E-state index is 10.4. The molecule has 0 saturated carbocycles. The molecule has 0 aliphatic heterocycles. The Balaban J connectivity index is 1.71. The number of rotatable bonds is 7. The van der Waals surface area contributed by atoms with E-state index in [0.717, 1.165) is 39.9 Å². The molecule has 24 heavy (non-hydrogen) atoms. The molecule has 0 fully saturated rings. The molecule has 0 bridgehead atoms. The smallest absolute Gasteiger partial charge is 0.119 e. The summed E-state index contributed by atoms with van der Waals surface area (Å²) in [4.78, 5) is 4.69. The number of fused-ring (bicyclic) bond motifs is 1. The molecule has 0 aliphatic carbocycles. The fourth-order valence-electron chi connectivity index (χ4n) is 2.73. The lowest BCUT2D eigenvalue weighted by molar-refractivity contribution is 0.0927. The highest BCUT2D eigenvalue weighted by Gasteiger charge is 2.14. The molecule has 2 aromatic carbocycles. The Kier molecular flexibility index (Phi) is 5.53. The van der Waals surface area contributed by atoms with Crippen LogP contribution in [0.4, 0.5) is 0 Å². The Morgan fingerprint density at radius 3 is 2.67 bits per heavy atom. The van der Waals surface area contributed by atoms with Gasteiger partial charge in [0.2, 0.25) is 0 Å². The Labute approximate surface area is 150 Å². The largest absolute Gasteiger partial charge is 0.491 e. The van der Waals surface area contributed by atoms with E-state index in [1.54, 1.807) is 0 Å². The topological polar surface area (TPSA) is 47.3 Å². The maximum Gasteiger partial charge on any atom is 0.119 e. The van der Waals surface area contributed by atoms with E-state index in [4.69, 9.17) is 4.74 Å². The molecule has 1 aromatic heterocycles. The van der Waals surface area contributed by atoms with Gasteiger partial charge in [-0.3, -0.25) is 0 Å². The lowest BCUT2D eigenvalue weighted by Gasteiger charge is -2.15.